The van der Waals surface area contributed by atoms with Crippen LogP contribution in [0.3, 0.4) is 0 Å². The number of anilines is 1. The van der Waals surface area contributed by atoms with E-state index in [0.717, 1.165) is 24.6 Å². The molecule has 4 saturated carbocycles. The van der Waals surface area contributed by atoms with Crippen LogP contribution in [0.4, 0.5) is 10.6 Å². The summed E-state index contributed by atoms with van der Waals surface area (Å²) in [6.45, 7) is 5.62. The maximum Gasteiger partial charge on any atom is 0.408 e. The number of carbonyl (C=O) groups is 4. The van der Waals surface area contributed by atoms with Crippen LogP contribution in [0.5, 0.6) is 11.6 Å². The van der Waals surface area contributed by atoms with E-state index in [0.29, 0.717) is 60.4 Å². The van der Waals surface area contributed by atoms with E-state index >= 15 is 4.79 Å². The molecule has 320 valence electrons. The Hall–Kier alpha value is -4.60. The molecule has 16 heteroatoms. The molecule has 0 radical (unpaired) electrons. The number of benzene rings is 1. The molecule has 2 aliphatic heterocycles. The van der Waals surface area contributed by atoms with Crippen LogP contribution < -0.4 is 29.7 Å². The fourth-order valence-corrected chi connectivity index (χ4v) is 10.8. The van der Waals surface area contributed by atoms with Crippen molar-refractivity contribution < 1.29 is 41.8 Å². The normalized spacial score (nSPS) is 34.1. The zero-order chi connectivity index (χ0) is 42.0. The first-order chi connectivity index (χ1) is 28.0. The van der Waals surface area contributed by atoms with E-state index in [1.165, 1.54) is 11.3 Å². The topological polar surface area (TPSA) is 186 Å². The average molecular weight is 835 g/mol. The molecule has 1 aromatic heterocycles. The number of nitrogens with one attached hydrogen (secondary N) is 3. The van der Waals surface area contributed by atoms with Gasteiger partial charge in [0, 0.05) is 31.8 Å². The third-order valence-corrected chi connectivity index (χ3v) is 15.9. The van der Waals surface area contributed by atoms with E-state index in [1.54, 1.807) is 14.0 Å². The first-order valence-electron chi connectivity index (χ1n) is 21.1. The molecule has 1 aromatic carbocycles. The van der Waals surface area contributed by atoms with Gasteiger partial charge >= 0.3 is 6.09 Å². The third-order valence-electron chi connectivity index (χ3n) is 13.7. The number of pyridine rings is 1. The quantitative estimate of drug-likeness (QED) is 0.304. The summed E-state index contributed by atoms with van der Waals surface area (Å²) in [5.41, 5.74) is -1.53. The molecule has 8 rings (SSSR count). The van der Waals surface area contributed by atoms with Gasteiger partial charge in [0.05, 0.1) is 18.4 Å². The Labute approximate surface area is 346 Å². The summed E-state index contributed by atoms with van der Waals surface area (Å²) >= 11 is 0. The lowest BCUT2D eigenvalue weighted by Gasteiger charge is -2.33. The summed E-state index contributed by atoms with van der Waals surface area (Å²) in [4.78, 5) is 65.3. The largest absolute Gasteiger partial charge is 0.497 e. The number of hydrogen-bond donors (Lipinski definition) is 3. The summed E-state index contributed by atoms with van der Waals surface area (Å²) in [5, 5.41) is 7.39. The second kappa shape index (κ2) is 15.5. The SMILES string of the molecule is COc1ccc2c(O[C@@H]3C[C@H]4C(=O)N[C@]5(C(=O)NS(=O)(=O)C6(C)CC6)C[C@H]5/C=C\CC[C@H](C)C[C@@H](C)[C@H](NC(=O)O[C@@H]5C[C@@H]6C[C@@H]6C5)C(=O)N4C3)nc(N(C)C)cc2c1. The van der Waals surface area contributed by atoms with Crippen LogP contribution in [-0.2, 0) is 29.1 Å². The Morgan fingerprint density at radius 2 is 1.76 bits per heavy atom. The maximum absolute atomic E-state index is 15.0. The van der Waals surface area contributed by atoms with Crippen LogP contribution in [-0.4, -0.2) is 104 Å². The minimum absolute atomic E-state index is 0.0147. The summed E-state index contributed by atoms with van der Waals surface area (Å²) in [6, 6.07) is 5.32. The van der Waals surface area contributed by atoms with Crippen LogP contribution >= 0.6 is 0 Å². The van der Waals surface area contributed by atoms with Crippen molar-refractivity contribution in [2.45, 2.75) is 120 Å². The fourth-order valence-electron chi connectivity index (χ4n) is 9.46. The molecule has 3 N–H and O–H groups in total. The maximum atomic E-state index is 15.0. The van der Waals surface area contributed by atoms with E-state index in [4.69, 9.17) is 19.2 Å². The number of allylic oxidation sites excluding steroid dienone is 1. The van der Waals surface area contributed by atoms with Gasteiger partial charge in [0.25, 0.3) is 5.91 Å². The number of fused-ring (bicyclic) bond motifs is 4. The minimum atomic E-state index is -4.00. The number of methoxy groups -OCH3 is 1. The van der Waals surface area contributed by atoms with Gasteiger partial charge < -0.3 is 34.6 Å². The first kappa shape index (κ1) is 41.1. The van der Waals surface area contributed by atoms with Crippen LogP contribution in [0, 0.1) is 29.6 Å². The molecule has 10 atom stereocenters. The van der Waals surface area contributed by atoms with E-state index < -0.39 is 68.2 Å². The molecule has 15 nitrogen and oxygen atoms in total. The van der Waals surface area contributed by atoms with Gasteiger partial charge in [0.1, 0.15) is 41.4 Å². The van der Waals surface area contributed by atoms with Gasteiger partial charge in [-0.25, -0.2) is 13.2 Å². The fraction of sp³-hybridized carbons (Fsp3) is 0.651. The second-order valence-corrected chi connectivity index (χ2v) is 20.8. The molecule has 4 amide bonds. The van der Waals surface area contributed by atoms with Crippen molar-refractivity contribution in [1.29, 1.82) is 0 Å². The molecule has 5 fully saturated rings. The number of aromatic nitrogens is 1. The Kier molecular flexibility index (Phi) is 10.8. The van der Waals surface area contributed by atoms with Gasteiger partial charge in [-0.2, -0.15) is 4.98 Å². The zero-order valence-corrected chi connectivity index (χ0v) is 35.7. The molecule has 2 aromatic rings. The Balaban J connectivity index is 1.12. The van der Waals surface area contributed by atoms with E-state index in [9.17, 15) is 22.8 Å². The molecular weight excluding hydrogens is 777 g/mol. The summed E-state index contributed by atoms with van der Waals surface area (Å²) in [5.74, 6) is 0.326. The van der Waals surface area contributed by atoms with E-state index in [-0.39, 0.29) is 37.3 Å². The smallest absolute Gasteiger partial charge is 0.408 e. The van der Waals surface area contributed by atoms with Gasteiger partial charge in [-0.05, 0) is 118 Å². The highest BCUT2D eigenvalue weighted by Crippen LogP contribution is 2.52. The number of hydrogen-bond acceptors (Lipinski definition) is 11. The van der Waals surface area contributed by atoms with Crippen LogP contribution in [0.1, 0.15) is 85.0 Å². The van der Waals surface area contributed by atoms with Gasteiger partial charge in [0.15, 0.2) is 0 Å². The molecular formula is C43H58N6O9S. The number of nitrogens with zero attached hydrogens (tertiary/aromatic N) is 3. The highest BCUT2D eigenvalue weighted by atomic mass is 32.2. The van der Waals surface area contributed by atoms with Crippen molar-refractivity contribution in [2.75, 3.05) is 32.6 Å². The van der Waals surface area contributed by atoms with Gasteiger partial charge in [0.2, 0.25) is 27.7 Å². The lowest BCUT2D eigenvalue weighted by atomic mass is 9.88. The van der Waals surface area contributed by atoms with Crippen LogP contribution in [0.15, 0.2) is 36.4 Å². The van der Waals surface area contributed by atoms with Crippen molar-refractivity contribution in [3.8, 4) is 11.6 Å². The summed E-state index contributed by atoms with van der Waals surface area (Å²) < 4.78 is 45.8. The van der Waals surface area contributed by atoms with Crippen molar-refractivity contribution >= 4 is 50.4 Å². The number of amides is 4. The second-order valence-electron chi connectivity index (χ2n) is 18.6. The standard InChI is InChI=1S/C43H58N6O9S/c1-24-9-7-8-10-29-22-43(29,40(52)47-59(54,55)42(3)13-14-42)46-37(50)34-21-32(57-38-33-12-11-30(56-6)19-28(33)20-35(44-38)48(4)5)23-49(34)39(51)36(25(2)15-24)45-41(53)58-31-17-26-16-27(26)18-31/h8,10-12,19-20,24-27,29,31-32,34,36H,7,9,13-18,21-23H2,1-6H3,(H,45,53)(H,46,50)(H,47,52)/b10-8-/t24-,25+,26-,27+,29+,31+,32+,34-,36-,43+/m0/s1. The van der Waals surface area contributed by atoms with E-state index in [2.05, 4.69) is 22.3 Å². The highest BCUT2D eigenvalue weighted by Gasteiger charge is 2.63. The number of rotatable bonds is 9. The predicted molar refractivity (Wildman–Crippen MR) is 220 cm³/mol. The molecule has 4 aliphatic carbocycles. The van der Waals surface area contributed by atoms with Crippen LogP contribution in [0.25, 0.3) is 10.8 Å². The lowest BCUT2D eigenvalue weighted by molar-refractivity contribution is -0.142. The molecule has 59 heavy (non-hydrogen) atoms. The molecule has 6 aliphatic rings. The van der Waals surface area contributed by atoms with Crippen LogP contribution in [0.2, 0.25) is 0 Å². The van der Waals surface area contributed by atoms with Crippen molar-refractivity contribution in [1.82, 2.24) is 25.2 Å². The van der Waals surface area contributed by atoms with E-state index in [1.807, 2.05) is 62.3 Å². The lowest BCUT2D eigenvalue weighted by Crippen LogP contribution is -2.59. The van der Waals surface area contributed by atoms with Crippen molar-refractivity contribution in [3.05, 3.63) is 36.4 Å². The molecule has 3 heterocycles. The molecule has 1 saturated heterocycles. The molecule has 0 spiro atoms. The zero-order valence-electron chi connectivity index (χ0n) is 34.9. The Morgan fingerprint density at radius 3 is 2.46 bits per heavy atom. The summed E-state index contributed by atoms with van der Waals surface area (Å²) in [6.07, 6.45) is 8.34. The van der Waals surface area contributed by atoms with Crippen molar-refractivity contribution in [2.24, 2.45) is 29.6 Å². The number of carbonyl (C=O) groups excluding carboxylic acids is 4. The number of ether oxygens (including phenoxy) is 3. The van der Waals surface area contributed by atoms with Gasteiger partial charge in [-0.3, -0.25) is 19.1 Å². The van der Waals surface area contributed by atoms with Crippen molar-refractivity contribution in [3.63, 3.8) is 0 Å². The monoisotopic (exact) mass is 834 g/mol. The van der Waals surface area contributed by atoms with Gasteiger partial charge in [-0.1, -0.05) is 26.0 Å². The summed E-state index contributed by atoms with van der Waals surface area (Å²) in [7, 11) is 1.32. The Bertz CT molecular complexity index is 2150. The Morgan fingerprint density at radius 1 is 1.02 bits per heavy atom. The minimum Gasteiger partial charge on any atom is -0.497 e. The number of sulfonamides is 1. The predicted octanol–water partition coefficient (Wildman–Crippen LogP) is 4.44. The molecule has 0 unspecified atom stereocenters. The number of alkyl carbamates (subject to hydrolysis) is 1. The molecule has 0 bridgehead atoms. The average Bonchev–Trinajstić information content (AvgIpc) is 4.14. The third kappa shape index (κ3) is 8.30. The van der Waals surface area contributed by atoms with Gasteiger partial charge in [-0.15, -0.1) is 0 Å². The highest BCUT2D eigenvalue weighted by molar-refractivity contribution is 7.91. The first-order valence-corrected chi connectivity index (χ1v) is 22.6.